The van der Waals surface area contributed by atoms with Crippen LogP contribution in [0.1, 0.15) is 41.2 Å². The Morgan fingerprint density at radius 1 is 1.16 bits per heavy atom. The summed E-state index contributed by atoms with van der Waals surface area (Å²) in [5.74, 6) is 0.242. The highest BCUT2D eigenvalue weighted by Gasteiger charge is 2.31. The summed E-state index contributed by atoms with van der Waals surface area (Å²) in [5, 5.41) is 5.46. The number of nitrogens with two attached hydrogens (primary N) is 1. The molecule has 4 aromatic heterocycles. The molecule has 0 saturated heterocycles. The molecule has 0 radical (unpaired) electrons. The third kappa shape index (κ3) is 4.01. The molecule has 37 heavy (non-hydrogen) atoms. The number of rotatable bonds is 7. The highest BCUT2D eigenvalue weighted by molar-refractivity contribution is 6.00. The summed E-state index contributed by atoms with van der Waals surface area (Å²) in [6.45, 7) is 0.659. The van der Waals surface area contributed by atoms with Crippen LogP contribution in [-0.4, -0.2) is 50.3 Å². The second-order valence-electron chi connectivity index (χ2n) is 9.60. The van der Waals surface area contributed by atoms with Gasteiger partial charge in [-0.15, -0.1) is 0 Å². The maximum atomic E-state index is 12.2. The molecule has 5 aromatic rings. The van der Waals surface area contributed by atoms with E-state index in [1.807, 2.05) is 43.6 Å². The van der Waals surface area contributed by atoms with Gasteiger partial charge in [0.05, 0.1) is 24.0 Å². The van der Waals surface area contributed by atoms with Gasteiger partial charge in [-0.2, -0.15) is 9.61 Å². The molecule has 2 atom stereocenters. The Kier molecular flexibility index (Phi) is 5.84. The lowest BCUT2D eigenvalue weighted by molar-refractivity contribution is 0.0762. The van der Waals surface area contributed by atoms with Crippen molar-refractivity contribution in [3.8, 4) is 11.3 Å². The minimum absolute atomic E-state index is 0.143. The molecule has 9 nitrogen and oxygen atoms in total. The van der Waals surface area contributed by atoms with Crippen LogP contribution in [0.15, 0.2) is 67.1 Å². The molecule has 2 N–H and O–H groups in total. The van der Waals surface area contributed by atoms with Gasteiger partial charge >= 0.3 is 0 Å². The second kappa shape index (κ2) is 9.33. The summed E-state index contributed by atoms with van der Waals surface area (Å²) in [6.07, 6.45) is 8.74. The molecule has 9 heteroatoms. The number of amides is 1. The van der Waals surface area contributed by atoms with Crippen molar-refractivity contribution in [2.24, 2.45) is 5.73 Å². The van der Waals surface area contributed by atoms with Crippen molar-refractivity contribution in [3.63, 3.8) is 0 Å². The molecule has 1 aromatic carbocycles. The van der Waals surface area contributed by atoms with Crippen molar-refractivity contribution in [1.29, 1.82) is 0 Å². The Balaban J connectivity index is 1.54. The fourth-order valence-corrected chi connectivity index (χ4v) is 5.51. The van der Waals surface area contributed by atoms with E-state index in [2.05, 4.69) is 39.0 Å². The third-order valence-corrected chi connectivity index (χ3v) is 7.32. The van der Waals surface area contributed by atoms with Gasteiger partial charge in [0.1, 0.15) is 17.0 Å². The van der Waals surface area contributed by atoms with Crippen molar-refractivity contribution in [3.05, 3.63) is 78.2 Å². The van der Waals surface area contributed by atoms with Crippen LogP contribution in [0.5, 0.6) is 0 Å². The van der Waals surface area contributed by atoms with Gasteiger partial charge < -0.3 is 19.9 Å². The van der Waals surface area contributed by atoms with Crippen LogP contribution in [0.3, 0.4) is 0 Å². The Morgan fingerprint density at radius 3 is 2.78 bits per heavy atom. The molecule has 0 spiro atoms. The average molecular weight is 496 g/mol. The Labute approximate surface area is 214 Å². The van der Waals surface area contributed by atoms with Crippen molar-refractivity contribution in [2.45, 2.75) is 38.0 Å². The summed E-state index contributed by atoms with van der Waals surface area (Å²) < 4.78 is 9.72. The van der Waals surface area contributed by atoms with Gasteiger partial charge in [0.15, 0.2) is 5.65 Å². The van der Waals surface area contributed by atoms with E-state index in [4.69, 9.17) is 20.4 Å². The van der Waals surface area contributed by atoms with Gasteiger partial charge in [-0.1, -0.05) is 30.3 Å². The lowest BCUT2D eigenvalue weighted by Gasteiger charge is -2.21. The van der Waals surface area contributed by atoms with Crippen LogP contribution < -0.4 is 10.6 Å². The normalized spacial score (nSPS) is 17.6. The summed E-state index contributed by atoms with van der Waals surface area (Å²) in [7, 11) is 3.78. The van der Waals surface area contributed by atoms with Crippen LogP contribution in [0.2, 0.25) is 0 Å². The standard InChI is InChI=1S/C28H29N7O2/c1-33(16-18-8-4-3-5-9-18)25-14-22(32-28-20(26(29)36)15-31-35(25)28)21-17-34(23-11-6-12-24(23)37-2)27-19(21)10-7-13-30-27/h3-5,7-10,13-15,17,23-24H,6,11-12,16H2,1-2H3,(H2,29,36)/t23-,24-/m0/s1. The number of hydrogen-bond donors (Lipinski definition) is 1. The van der Waals surface area contributed by atoms with E-state index in [1.54, 1.807) is 11.6 Å². The van der Waals surface area contributed by atoms with Crippen molar-refractivity contribution >= 4 is 28.4 Å². The first-order chi connectivity index (χ1) is 18.0. The molecule has 1 fully saturated rings. The maximum Gasteiger partial charge on any atom is 0.254 e. The van der Waals surface area contributed by atoms with Crippen molar-refractivity contribution < 1.29 is 9.53 Å². The van der Waals surface area contributed by atoms with Crippen LogP contribution in [0.4, 0.5) is 5.82 Å². The average Bonchev–Trinajstić information content (AvgIpc) is 3.65. The highest BCUT2D eigenvalue weighted by atomic mass is 16.5. The SMILES string of the molecule is CO[C@H]1CCC[C@@H]1n1cc(-c2cc(N(C)Cc3ccccc3)n3ncc(C(N)=O)c3n2)c2cccnc21. The van der Waals surface area contributed by atoms with Gasteiger partial charge in [-0.05, 0) is 37.0 Å². The highest BCUT2D eigenvalue weighted by Crippen LogP contribution is 2.38. The summed E-state index contributed by atoms with van der Waals surface area (Å²) in [5.41, 5.74) is 10.1. The predicted octanol–water partition coefficient (Wildman–Crippen LogP) is 4.22. The molecule has 188 valence electrons. The lowest BCUT2D eigenvalue weighted by Crippen LogP contribution is -2.20. The molecule has 4 heterocycles. The minimum atomic E-state index is -0.561. The Morgan fingerprint density at radius 2 is 2.00 bits per heavy atom. The molecule has 6 rings (SSSR count). The van der Waals surface area contributed by atoms with E-state index in [1.165, 1.54) is 6.20 Å². The topological polar surface area (TPSA) is 104 Å². The maximum absolute atomic E-state index is 12.2. The smallest absolute Gasteiger partial charge is 0.254 e. The monoisotopic (exact) mass is 495 g/mol. The molecule has 1 saturated carbocycles. The van der Waals surface area contributed by atoms with Crippen LogP contribution in [0.25, 0.3) is 27.9 Å². The number of anilines is 1. The van der Waals surface area contributed by atoms with E-state index >= 15 is 0 Å². The quantitative estimate of drug-likeness (QED) is 0.363. The summed E-state index contributed by atoms with van der Waals surface area (Å²) in [4.78, 5) is 24.0. The molecular formula is C28H29N7O2. The largest absolute Gasteiger partial charge is 0.379 e. The summed E-state index contributed by atoms with van der Waals surface area (Å²) in [6, 6.07) is 16.4. The van der Waals surface area contributed by atoms with Crippen molar-refractivity contribution in [2.75, 3.05) is 19.1 Å². The van der Waals surface area contributed by atoms with E-state index in [0.29, 0.717) is 12.2 Å². The molecule has 1 aliphatic rings. The van der Waals surface area contributed by atoms with Gasteiger partial charge in [-0.25, -0.2) is 9.97 Å². The Bertz CT molecular complexity index is 1590. The number of hydrogen-bond acceptors (Lipinski definition) is 6. The zero-order valence-electron chi connectivity index (χ0n) is 20.9. The number of carbonyl (C=O) groups is 1. The first-order valence-corrected chi connectivity index (χ1v) is 12.5. The van der Waals surface area contributed by atoms with Gasteiger partial charge in [0, 0.05) is 50.1 Å². The molecule has 1 amide bonds. The van der Waals surface area contributed by atoms with Crippen LogP contribution in [-0.2, 0) is 11.3 Å². The first kappa shape index (κ1) is 23.2. The number of primary amides is 1. The number of fused-ring (bicyclic) bond motifs is 2. The lowest BCUT2D eigenvalue weighted by atomic mass is 10.1. The molecule has 1 aliphatic carbocycles. The number of carbonyl (C=O) groups excluding carboxylic acids is 1. The van der Waals surface area contributed by atoms with E-state index in [9.17, 15) is 4.79 Å². The molecular weight excluding hydrogens is 466 g/mol. The minimum Gasteiger partial charge on any atom is -0.379 e. The second-order valence-corrected chi connectivity index (χ2v) is 9.60. The third-order valence-electron chi connectivity index (χ3n) is 7.32. The van der Waals surface area contributed by atoms with Crippen molar-refractivity contribution in [1.82, 2.24) is 24.1 Å². The number of aromatic nitrogens is 5. The zero-order chi connectivity index (χ0) is 25.5. The van der Waals surface area contributed by atoms with E-state index in [0.717, 1.165) is 52.9 Å². The first-order valence-electron chi connectivity index (χ1n) is 12.5. The number of benzene rings is 1. The molecule has 0 aliphatic heterocycles. The number of nitrogens with zero attached hydrogens (tertiary/aromatic N) is 6. The number of pyridine rings is 1. The van der Waals surface area contributed by atoms with Crippen LogP contribution >= 0.6 is 0 Å². The van der Waals surface area contributed by atoms with E-state index < -0.39 is 5.91 Å². The predicted molar refractivity (Wildman–Crippen MR) is 142 cm³/mol. The van der Waals surface area contributed by atoms with Gasteiger partial charge in [0.2, 0.25) is 0 Å². The number of ether oxygens (including phenoxy) is 1. The molecule has 0 bridgehead atoms. The van der Waals surface area contributed by atoms with Gasteiger partial charge in [0.25, 0.3) is 5.91 Å². The molecule has 0 unspecified atom stereocenters. The fraction of sp³-hybridized carbons (Fsp3) is 0.286. The number of methoxy groups -OCH3 is 1. The Hall–Kier alpha value is -4.24. The summed E-state index contributed by atoms with van der Waals surface area (Å²) >= 11 is 0. The van der Waals surface area contributed by atoms with Gasteiger partial charge in [-0.3, -0.25) is 4.79 Å². The zero-order valence-corrected chi connectivity index (χ0v) is 20.9. The van der Waals surface area contributed by atoms with E-state index in [-0.39, 0.29) is 17.7 Å². The van der Waals surface area contributed by atoms with Crippen LogP contribution in [0, 0.1) is 0 Å². The fourth-order valence-electron chi connectivity index (χ4n) is 5.51.